The predicted octanol–water partition coefficient (Wildman–Crippen LogP) is 1.88. The summed E-state index contributed by atoms with van der Waals surface area (Å²) in [5.41, 5.74) is 2.06. The van der Waals surface area contributed by atoms with E-state index < -0.39 is 12.0 Å². The number of hydrogen-bond donors (Lipinski definition) is 1. The molecule has 2 heterocycles. The van der Waals surface area contributed by atoms with Crippen molar-refractivity contribution in [2.45, 2.75) is 25.4 Å². The molecule has 110 valence electrons. The van der Waals surface area contributed by atoms with Crippen LogP contribution in [0.2, 0.25) is 0 Å². The Labute approximate surface area is 123 Å². The minimum atomic E-state index is -0.939. The van der Waals surface area contributed by atoms with Crippen LogP contribution >= 0.6 is 0 Å². The molecule has 21 heavy (non-hydrogen) atoms. The summed E-state index contributed by atoms with van der Waals surface area (Å²) < 4.78 is 0. The molecule has 1 atom stereocenters. The number of fused-ring (bicyclic) bond motifs is 1. The Morgan fingerprint density at radius 2 is 1.90 bits per heavy atom. The summed E-state index contributed by atoms with van der Waals surface area (Å²) >= 11 is 0. The van der Waals surface area contributed by atoms with Crippen molar-refractivity contribution in [3.8, 4) is 0 Å². The van der Waals surface area contributed by atoms with E-state index in [1.54, 1.807) is 4.90 Å². The summed E-state index contributed by atoms with van der Waals surface area (Å²) in [4.78, 5) is 27.4. The van der Waals surface area contributed by atoms with Gasteiger partial charge in [0.1, 0.15) is 6.04 Å². The number of carbonyl (C=O) groups excluding carboxylic acids is 1. The van der Waals surface area contributed by atoms with Crippen LogP contribution in [0.1, 0.15) is 17.5 Å². The molecule has 5 nitrogen and oxygen atoms in total. The van der Waals surface area contributed by atoms with Crippen molar-refractivity contribution in [1.82, 2.24) is 9.80 Å². The van der Waals surface area contributed by atoms with Crippen LogP contribution in [0.5, 0.6) is 0 Å². The molecule has 0 aromatic heterocycles. The van der Waals surface area contributed by atoms with E-state index in [0.29, 0.717) is 26.1 Å². The average molecular weight is 286 g/mol. The fourth-order valence-electron chi connectivity index (χ4n) is 2.94. The molecule has 5 heteroatoms. The van der Waals surface area contributed by atoms with Gasteiger partial charge in [-0.05, 0) is 17.5 Å². The van der Waals surface area contributed by atoms with Crippen molar-refractivity contribution >= 4 is 12.0 Å². The number of carbonyl (C=O) groups is 2. The Bertz CT molecular complexity index is 597. The van der Waals surface area contributed by atoms with Crippen molar-refractivity contribution in [2.75, 3.05) is 13.1 Å². The highest BCUT2D eigenvalue weighted by molar-refractivity contribution is 5.83. The lowest BCUT2D eigenvalue weighted by Gasteiger charge is -2.38. The first-order valence-electron chi connectivity index (χ1n) is 7.17. The summed E-state index contributed by atoms with van der Waals surface area (Å²) in [7, 11) is 0. The van der Waals surface area contributed by atoms with Gasteiger partial charge >= 0.3 is 12.0 Å². The van der Waals surface area contributed by atoms with Crippen LogP contribution < -0.4 is 0 Å². The number of benzene rings is 1. The Morgan fingerprint density at radius 1 is 1.14 bits per heavy atom. The van der Waals surface area contributed by atoms with Crippen LogP contribution in [0.15, 0.2) is 36.4 Å². The van der Waals surface area contributed by atoms with Crippen LogP contribution in [0.25, 0.3) is 0 Å². The predicted molar refractivity (Wildman–Crippen MR) is 77.8 cm³/mol. The Hall–Kier alpha value is -2.30. The smallest absolute Gasteiger partial charge is 0.326 e. The number of carboxylic acid groups (broad SMARTS) is 1. The van der Waals surface area contributed by atoms with Gasteiger partial charge in [-0.3, -0.25) is 0 Å². The van der Waals surface area contributed by atoms with Crippen molar-refractivity contribution < 1.29 is 14.7 Å². The molecule has 3 rings (SSSR count). The first-order valence-corrected chi connectivity index (χ1v) is 7.17. The van der Waals surface area contributed by atoms with Gasteiger partial charge in [-0.25, -0.2) is 9.59 Å². The molecule has 2 amide bonds. The highest BCUT2D eigenvalue weighted by Gasteiger charge is 2.36. The third kappa shape index (κ3) is 2.63. The van der Waals surface area contributed by atoms with E-state index in [0.717, 1.165) is 17.5 Å². The van der Waals surface area contributed by atoms with Gasteiger partial charge in [-0.1, -0.05) is 36.4 Å². The van der Waals surface area contributed by atoms with Crippen LogP contribution in [0.4, 0.5) is 4.79 Å². The standard InChI is InChI=1S/C16H18N2O3/c19-15(20)14-10-12-6-2-3-7-13(12)11-18(14)16(21)17-8-4-1-5-9-17/h1-4,6-7,14H,5,8-11H2,(H,19,20)/t14-/m0/s1. The molecule has 0 aliphatic carbocycles. The molecule has 1 aromatic rings. The maximum absolute atomic E-state index is 12.6. The third-order valence-corrected chi connectivity index (χ3v) is 4.11. The third-order valence-electron chi connectivity index (χ3n) is 4.11. The zero-order valence-electron chi connectivity index (χ0n) is 11.7. The lowest BCUT2D eigenvalue weighted by Crippen LogP contribution is -2.53. The number of urea groups is 1. The number of aliphatic carboxylic acids is 1. The normalized spacial score (nSPS) is 21.0. The number of hydrogen-bond acceptors (Lipinski definition) is 2. The van der Waals surface area contributed by atoms with Crippen molar-refractivity contribution in [2.24, 2.45) is 0 Å². The Kier molecular flexibility index (Phi) is 3.64. The van der Waals surface area contributed by atoms with Crippen molar-refractivity contribution in [3.63, 3.8) is 0 Å². The van der Waals surface area contributed by atoms with Crippen LogP contribution in [-0.4, -0.2) is 46.0 Å². The zero-order chi connectivity index (χ0) is 14.8. The summed E-state index contributed by atoms with van der Waals surface area (Å²) in [5.74, 6) is -0.939. The molecule has 1 aromatic carbocycles. The second kappa shape index (κ2) is 5.60. The topological polar surface area (TPSA) is 60.9 Å². The monoisotopic (exact) mass is 286 g/mol. The maximum Gasteiger partial charge on any atom is 0.326 e. The first kappa shape index (κ1) is 13.7. The van der Waals surface area contributed by atoms with E-state index in [1.165, 1.54) is 4.90 Å². The molecule has 0 unspecified atom stereocenters. The van der Waals surface area contributed by atoms with E-state index >= 15 is 0 Å². The Morgan fingerprint density at radius 3 is 2.57 bits per heavy atom. The molecule has 0 fully saturated rings. The van der Waals surface area contributed by atoms with Crippen molar-refractivity contribution in [3.05, 3.63) is 47.5 Å². The molecule has 0 bridgehead atoms. The van der Waals surface area contributed by atoms with E-state index in [2.05, 4.69) is 0 Å². The van der Waals surface area contributed by atoms with Crippen molar-refractivity contribution in [1.29, 1.82) is 0 Å². The number of nitrogens with zero attached hydrogens (tertiary/aromatic N) is 2. The fourth-order valence-corrected chi connectivity index (χ4v) is 2.94. The zero-order valence-corrected chi connectivity index (χ0v) is 11.7. The largest absolute Gasteiger partial charge is 0.480 e. The SMILES string of the molecule is O=C(O)[C@@H]1Cc2ccccc2CN1C(=O)N1CC=CCC1. The van der Waals surface area contributed by atoms with Gasteiger partial charge in [-0.15, -0.1) is 0 Å². The van der Waals surface area contributed by atoms with Gasteiger partial charge in [0.2, 0.25) is 0 Å². The second-order valence-electron chi connectivity index (χ2n) is 5.44. The minimum absolute atomic E-state index is 0.179. The summed E-state index contributed by atoms with van der Waals surface area (Å²) in [6, 6.07) is 6.77. The summed E-state index contributed by atoms with van der Waals surface area (Å²) in [6.07, 6.45) is 5.20. The second-order valence-corrected chi connectivity index (χ2v) is 5.44. The maximum atomic E-state index is 12.6. The molecule has 0 saturated carbocycles. The molecular formula is C16H18N2O3. The van der Waals surface area contributed by atoms with Gasteiger partial charge in [0.05, 0.1) is 0 Å². The van der Waals surface area contributed by atoms with E-state index in [9.17, 15) is 14.7 Å². The fraction of sp³-hybridized carbons (Fsp3) is 0.375. The van der Waals surface area contributed by atoms with Gasteiger partial charge < -0.3 is 14.9 Å². The van der Waals surface area contributed by atoms with E-state index in [-0.39, 0.29) is 6.03 Å². The summed E-state index contributed by atoms with van der Waals surface area (Å²) in [5, 5.41) is 9.46. The highest BCUT2D eigenvalue weighted by atomic mass is 16.4. The number of amides is 2. The summed E-state index contributed by atoms with van der Waals surface area (Å²) in [6.45, 7) is 1.58. The van der Waals surface area contributed by atoms with E-state index in [1.807, 2.05) is 36.4 Å². The average Bonchev–Trinajstić information content (AvgIpc) is 2.53. The van der Waals surface area contributed by atoms with Crippen LogP contribution in [0, 0.1) is 0 Å². The lowest BCUT2D eigenvalue weighted by molar-refractivity contribution is -0.142. The van der Waals surface area contributed by atoms with Gasteiger partial charge in [-0.2, -0.15) is 0 Å². The molecule has 0 spiro atoms. The minimum Gasteiger partial charge on any atom is -0.480 e. The number of rotatable bonds is 1. The molecule has 0 saturated heterocycles. The molecular weight excluding hydrogens is 268 g/mol. The first-order chi connectivity index (χ1) is 10.2. The van der Waals surface area contributed by atoms with Gasteiger partial charge in [0, 0.05) is 26.1 Å². The van der Waals surface area contributed by atoms with Gasteiger partial charge in [0.25, 0.3) is 0 Å². The highest BCUT2D eigenvalue weighted by Crippen LogP contribution is 2.25. The quantitative estimate of drug-likeness (QED) is 0.802. The molecule has 2 aliphatic rings. The molecule has 0 radical (unpaired) electrons. The lowest BCUT2D eigenvalue weighted by atomic mass is 9.94. The molecule has 2 aliphatic heterocycles. The van der Waals surface area contributed by atoms with E-state index in [4.69, 9.17) is 0 Å². The number of carboxylic acids is 1. The molecule has 1 N–H and O–H groups in total. The Balaban J connectivity index is 1.87. The van der Waals surface area contributed by atoms with Crippen LogP contribution in [0.3, 0.4) is 0 Å². The van der Waals surface area contributed by atoms with Crippen LogP contribution in [-0.2, 0) is 17.8 Å². The van der Waals surface area contributed by atoms with Gasteiger partial charge in [0.15, 0.2) is 0 Å².